The number of ether oxygens (including phenoxy) is 1. The molecule has 0 aliphatic carbocycles. The maximum Gasteiger partial charge on any atom is 0.326 e. The highest BCUT2D eigenvalue weighted by Gasteiger charge is 2.15. The standard InChI is InChI=1S/C15H21N3O2/c1-11(2)20-15(19)10-18-13-8-6-5-7-12(13)16-14(18)9-17(3)4/h5-8,11H,9-10H2,1-4H3. The van der Waals surface area contributed by atoms with Crippen molar-refractivity contribution in [2.75, 3.05) is 14.1 Å². The maximum atomic E-state index is 11.9. The monoisotopic (exact) mass is 275 g/mol. The molecule has 0 aliphatic rings. The van der Waals surface area contributed by atoms with Crippen molar-refractivity contribution in [1.82, 2.24) is 14.5 Å². The first-order chi connectivity index (χ1) is 9.47. The van der Waals surface area contributed by atoms with Crippen LogP contribution >= 0.6 is 0 Å². The third kappa shape index (κ3) is 3.36. The molecular formula is C15H21N3O2. The first-order valence-electron chi connectivity index (χ1n) is 6.75. The molecule has 20 heavy (non-hydrogen) atoms. The predicted octanol–water partition coefficient (Wildman–Crippen LogP) is 2.05. The lowest BCUT2D eigenvalue weighted by atomic mass is 10.3. The zero-order valence-corrected chi connectivity index (χ0v) is 12.5. The Balaban J connectivity index is 2.35. The number of hydrogen-bond donors (Lipinski definition) is 0. The van der Waals surface area contributed by atoms with Crippen molar-refractivity contribution in [2.45, 2.75) is 33.0 Å². The number of hydrogen-bond acceptors (Lipinski definition) is 4. The maximum absolute atomic E-state index is 11.9. The summed E-state index contributed by atoms with van der Waals surface area (Å²) in [6.45, 7) is 4.58. The van der Waals surface area contributed by atoms with Crippen LogP contribution in [0, 0.1) is 0 Å². The highest BCUT2D eigenvalue weighted by atomic mass is 16.5. The van der Waals surface area contributed by atoms with Crippen LogP contribution in [0.15, 0.2) is 24.3 Å². The second-order valence-electron chi connectivity index (χ2n) is 5.38. The molecule has 0 bridgehead atoms. The number of carbonyl (C=O) groups is 1. The van der Waals surface area contributed by atoms with E-state index in [2.05, 4.69) is 4.98 Å². The van der Waals surface area contributed by atoms with E-state index >= 15 is 0 Å². The fourth-order valence-electron chi connectivity index (χ4n) is 2.13. The van der Waals surface area contributed by atoms with Crippen LogP contribution in [0.3, 0.4) is 0 Å². The van der Waals surface area contributed by atoms with Crippen LogP contribution in [0.4, 0.5) is 0 Å². The molecule has 1 heterocycles. The quantitative estimate of drug-likeness (QED) is 0.784. The third-order valence-corrected chi connectivity index (χ3v) is 2.85. The van der Waals surface area contributed by atoms with Gasteiger partial charge in [-0.2, -0.15) is 0 Å². The summed E-state index contributed by atoms with van der Waals surface area (Å²) < 4.78 is 7.16. The van der Waals surface area contributed by atoms with E-state index in [0.717, 1.165) is 16.9 Å². The van der Waals surface area contributed by atoms with Crippen molar-refractivity contribution < 1.29 is 9.53 Å². The van der Waals surface area contributed by atoms with E-state index in [4.69, 9.17) is 4.74 Å². The number of nitrogens with zero attached hydrogens (tertiary/aromatic N) is 3. The Hall–Kier alpha value is -1.88. The number of rotatable bonds is 5. The molecule has 0 amide bonds. The van der Waals surface area contributed by atoms with Gasteiger partial charge < -0.3 is 14.2 Å². The van der Waals surface area contributed by atoms with Crippen LogP contribution in [-0.2, 0) is 22.6 Å². The summed E-state index contributed by atoms with van der Waals surface area (Å²) in [5.74, 6) is 0.639. The number of esters is 1. The molecule has 0 spiro atoms. The number of fused-ring (bicyclic) bond motifs is 1. The molecule has 0 N–H and O–H groups in total. The third-order valence-electron chi connectivity index (χ3n) is 2.85. The van der Waals surface area contributed by atoms with Gasteiger partial charge in [-0.15, -0.1) is 0 Å². The molecule has 5 heteroatoms. The van der Waals surface area contributed by atoms with Gasteiger partial charge in [-0.1, -0.05) is 12.1 Å². The van der Waals surface area contributed by atoms with Gasteiger partial charge in [0.25, 0.3) is 0 Å². The molecule has 1 aromatic heterocycles. The average Bonchev–Trinajstić information content (AvgIpc) is 2.66. The second-order valence-corrected chi connectivity index (χ2v) is 5.38. The molecule has 1 aromatic carbocycles. The van der Waals surface area contributed by atoms with Crippen molar-refractivity contribution in [3.05, 3.63) is 30.1 Å². The lowest BCUT2D eigenvalue weighted by molar-refractivity contribution is -0.148. The molecule has 2 aromatic rings. The first-order valence-corrected chi connectivity index (χ1v) is 6.75. The number of benzene rings is 1. The largest absolute Gasteiger partial charge is 0.462 e. The molecule has 0 saturated carbocycles. The molecule has 0 saturated heterocycles. The molecule has 5 nitrogen and oxygen atoms in total. The Labute approximate surface area is 119 Å². The zero-order valence-electron chi connectivity index (χ0n) is 12.5. The fraction of sp³-hybridized carbons (Fsp3) is 0.467. The van der Waals surface area contributed by atoms with E-state index in [1.807, 2.05) is 61.7 Å². The average molecular weight is 275 g/mol. The zero-order chi connectivity index (χ0) is 14.7. The van der Waals surface area contributed by atoms with Gasteiger partial charge in [-0.25, -0.2) is 4.98 Å². The Morgan fingerprint density at radius 1 is 1.35 bits per heavy atom. The van der Waals surface area contributed by atoms with Crippen LogP contribution in [0.1, 0.15) is 19.7 Å². The predicted molar refractivity (Wildman–Crippen MR) is 78.4 cm³/mol. The van der Waals surface area contributed by atoms with Crippen LogP contribution < -0.4 is 0 Å². The molecule has 0 aliphatic heterocycles. The fourth-order valence-corrected chi connectivity index (χ4v) is 2.13. The minimum Gasteiger partial charge on any atom is -0.462 e. The highest BCUT2D eigenvalue weighted by Crippen LogP contribution is 2.17. The topological polar surface area (TPSA) is 47.4 Å². The summed E-state index contributed by atoms with van der Waals surface area (Å²) in [5.41, 5.74) is 1.87. The van der Waals surface area contributed by atoms with Crippen LogP contribution in [-0.4, -0.2) is 40.6 Å². The lowest BCUT2D eigenvalue weighted by Crippen LogP contribution is -2.21. The number of aromatic nitrogens is 2. The molecule has 108 valence electrons. The van der Waals surface area contributed by atoms with Gasteiger partial charge in [0, 0.05) is 0 Å². The van der Waals surface area contributed by atoms with Crippen molar-refractivity contribution in [3.8, 4) is 0 Å². The van der Waals surface area contributed by atoms with E-state index in [-0.39, 0.29) is 18.6 Å². The smallest absolute Gasteiger partial charge is 0.326 e. The van der Waals surface area contributed by atoms with Gasteiger partial charge in [-0.3, -0.25) is 4.79 Å². The Kier molecular flexibility index (Phi) is 4.39. The molecule has 0 unspecified atom stereocenters. The minimum absolute atomic E-state index is 0.102. The summed E-state index contributed by atoms with van der Waals surface area (Å²) >= 11 is 0. The molecule has 0 radical (unpaired) electrons. The van der Waals surface area contributed by atoms with Crippen molar-refractivity contribution in [3.63, 3.8) is 0 Å². The van der Waals surface area contributed by atoms with E-state index < -0.39 is 0 Å². The Morgan fingerprint density at radius 3 is 2.70 bits per heavy atom. The van der Waals surface area contributed by atoms with E-state index in [9.17, 15) is 4.79 Å². The summed E-state index contributed by atoms with van der Waals surface area (Å²) in [5, 5.41) is 0. The Morgan fingerprint density at radius 2 is 2.05 bits per heavy atom. The van der Waals surface area contributed by atoms with Crippen molar-refractivity contribution in [2.24, 2.45) is 0 Å². The summed E-state index contributed by atoms with van der Waals surface area (Å²) in [6, 6.07) is 7.84. The van der Waals surface area contributed by atoms with Crippen LogP contribution in [0.2, 0.25) is 0 Å². The molecule has 2 rings (SSSR count). The van der Waals surface area contributed by atoms with Gasteiger partial charge in [0.1, 0.15) is 12.4 Å². The van der Waals surface area contributed by atoms with Crippen LogP contribution in [0.5, 0.6) is 0 Å². The molecular weight excluding hydrogens is 254 g/mol. The van der Waals surface area contributed by atoms with Gasteiger partial charge in [0.2, 0.25) is 0 Å². The molecule has 0 atom stereocenters. The minimum atomic E-state index is -0.233. The number of imidazole rings is 1. The summed E-state index contributed by atoms with van der Waals surface area (Å²) in [4.78, 5) is 18.5. The second kappa shape index (κ2) is 6.05. The van der Waals surface area contributed by atoms with Gasteiger partial charge >= 0.3 is 5.97 Å². The van der Waals surface area contributed by atoms with Crippen molar-refractivity contribution in [1.29, 1.82) is 0 Å². The molecule has 0 fully saturated rings. The normalized spacial score (nSPS) is 11.5. The first kappa shape index (κ1) is 14.5. The van der Waals surface area contributed by atoms with E-state index in [0.29, 0.717) is 6.54 Å². The number of para-hydroxylation sites is 2. The van der Waals surface area contributed by atoms with Crippen LogP contribution in [0.25, 0.3) is 11.0 Å². The Bertz CT molecular complexity index is 602. The van der Waals surface area contributed by atoms with Gasteiger partial charge in [0.15, 0.2) is 0 Å². The lowest BCUT2D eigenvalue weighted by Gasteiger charge is -2.13. The summed E-state index contributed by atoms with van der Waals surface area (Å²) in [6.07, 6.45) is -0.102. The van der Waals surface area contributed by atoms with Gasteiger partial charge in [0.05, 0.1) is 23.7 Å². The van der Waals surface area contributed by atoms with E-state index in [1.54, 1.807) is 0 Å². The summed E-state index contributed by atoms with van der Waals surface area (Å²) in [7, 11) is 3.96. The van der Waals surface area contributed by atoms with Gasteiger partial charge in [-0.05, 0) is 40.1 Å². The highest BCUT2D eigenvalue weighted by molar-refractivity contribution is 5.78. The van der Waals surface area contributed by atoms with Crippen molar-refractivity contribution >= 4 is 17.0 Å². The number of carbonyl (C=O) groups excluding carboxylic acids is 1. The van der Waals surface area contributed by atoms with E-state index in [1.165, 1.54) is 0 Å². The SMILES string of the molecule is CC(C)OC(=O)Cn1c(CN(C)C)nc2ccccc21.